The van der Waals surface area contributed by atoms with Crippen molar-refractivity contribution in [3.8, 4) is 5.75 Å². The van der Waals surface area contributed by atoms with Crippen molar-refractivity contribution < 1.29 is 27.4 Å². The van der Waals surface area contributed by atoms with Gasteiger partial charge in [-0.25, -0.2) is 17.6 Å². The minimum atomic E-state index is -3.51. The smallest absolute Gasteiger partial charge is 0.341 e. The number of carboxylic acids is 1. The summed E-state index contributed by atoms with van der Waals surface area (Å²) in [4.78, 5) is 12.8. The first-order chi connectivity index (χ1) is 14.2. The quantitative estimate of drug-likeness (QED) is 0.657. The van der Waals surface area contributed by atoms with E-state index < -0.39 is 28.4 Å². The third kappa shape index (κ3) is 6.15. The van der Waals surface area contributed by atoms with Gasteiger partial charge in [0.15, 0.2) is 6.61 Å². The highest BCUT2D eigenvalue weighted by atomic mass is 35.5. The number of hydrogen-bond acceptors (Lipinski definition) is 5. The zero-order valence-electron chi connectivity index (χ0n) is 16.1. The topological polar surface area (TPSA) is 87.2 Å². The molecule has 30 heavy (non-hydrogen) atoms. The predicted octanol–water partition coefficient (Wildman–Crippen LogP) is 2.59. The summed E-state index contributed by atoms with van der Waals surface area (Å²) in [6, 6.07) is 10.4. The molecule has 1 heterocycles. The Bertz CT molecular complexity index is 993. The SMILES string of the molecule is O=C(O)COc1ccc(Cl)cc1CN1CCN(S(=O)(=O)Cc2ccc(F)cc2)CC1. The van der Waals surface area contributed by atoms with Gasteiger partial charge in [-0.3, -0.25) is 4.90 Å². The van der Waals surface area contributed by atoms with Gasteiger partial charge in [-0.15, -0.1) is 0 Å². The number of hydrogen-bond donors (Lipinski definition) is 1. The molecule has 162 valence electrons. The largest absolute Gasteiger partial charge is 0.482 e. The molecule has 0 aliphatic carbocycles. The molecular formula is C20H22ClFN2O5S. The van der Waals surface area contributed by atoms with Gasteiger partial charge in [0.05, 0.1) is 5.75 Å². The molecule has 1 N–H and O–H groups in total. The van der Waals surface area contributed by atoms with Crippen molar-refractivity contribution in [1.82, 2.24) is 9.21 Å². The Balaban J connectivity index is 1.60. The average molecular weight is 457 g/mol. The molecule has 0 saturated carbocycles. The van der Waals surface area contributed by atoms with Gasteiger partial charge in [0.2, 0.25) is 10.0 Å². The monoisotopic (exact) mass is 456 g/mol. The number of halogens is 2. The number of ether oxygens (including phenoxy) is 1. The molecule has 1 aliphatic rings. The second-order valence-electron chi connectivity index (χ2n) is 6.99. The molecule has 2 aromatic rings. The van der Waals surface area contributed by atoms with Crippen LogP contribution in [0.5, 0.6) is 5.75 Å². The van der Waals surface area contributed by atoms with Gasteiger partial charge in [0.1, 0.15) is 11.6 Å². The van der Waals surface area contributed by atoms with Crippen molar-refractivity contribution in [2.24, 2.45) is 0 Å². The number of nitrogens with zero attached hydrogens (tertiary/aromatic N) is 2. The predicted molar refractivity (Wildman–Crippen MR) is 110 cm³/mol. The highest BCUT2D eigenvalue weighted by Gasteiger charge is 2.27. The van der Waals surface area contributed by atoms with Gasteiger partial charge in [0.25, 0.3) is 0 Å². The number of carbonyl (C=O) groups is 1. The first-order valence-corrected chi connectivity index (χ1v) is 11.3. The lowest BCUT2D eigenvalue weighted by molar-refractivity contribution is -0.139. The van der Waals surface area contributed by atoms with Crippen LogP contribution >= 0.6 is 11.6 Å². The molecule has 7 nitrogen and oxygen atoms in total. The molecule has 1 fully saturated rings. The zero-order chi connectivity index (χ0) is 21.7. The molecule has 0 unspecified atom stereocenters. The summed E-state index contributed by atoms with van der Waals surface area (Å²) in [5.41, 5.74) is 1.28. The zero-order valence-corrected chi connectivity index (χ0v) is 17.7. The van der Waals surface area contributed by atoms with Crippen LogP contribution in [0.25, 0.3) is 0 Å². The fraction of sp³-hybridized carbons (Fsp3) is 0.350. The Morgan fingerprint density at radius 1 is 1.10 bits per heavy atom. The lowest BCUT2D eigenvalue weighted by Gasteiger charge is -2.34. The molecule has 1 saturated heterocycles. The molecule has 10 heteroatoms. The van der Waals surface area contributed by atoms with Crippen molar-refractivity contribution in [1.29, 1.82) is 0 Å². The van der Waals surface area contributed by atoms with Gasteiger partial charge in [-0.2, -0.15) is 4.31 Å². The lowest BCUT2D eigenvalue weighted by atomic mass is 10.1. The molecule has 3 rings (SSSR count). The number of rotatable bonds is 8. The van der Waals surface area contributed by atoms with Crippen LogP contribution in [0.2, 0.25) is 5.02 Å². The third-order valence-corrected chi connectivity index (χ3v) is 6.84. The van der Waals surface area contributed by atoms with E-state index in [0.29, 0.717) is 49.1 Å². The molecule has 0 bridgehead atoms. The number of benzene rings is 2. The van der Waals surface area contributed by atoms with Gasteiger partial charge < -0.3 is 9.84 Å². The molecule has 0 atom stereocenters. The summed E-state index contributed by atoms with van der Waals surface area (Å²) in [7, 11) is -3.51. The maximum Gasteiger partial charge on any atom is 0.341 e. The Kier molecular flexibility index (Phi) is 7.30. The van der Waals surface area contributed by atoms with Crippen LogP contribution in [0.1, 0.15) is 11.1 Å². The number of carboxylic acid groups (broad SMARTS) is 1. The summed E-state index contributed by atoms with van der Waals surface area (Å²) in [6.45, 7) is 1.68. The van der Waals surface area contributed by atoms with Gasteiger partial charge in [0, 0.05) is 43.3 Å². The van der Waals surface area contributed by atoms with Crippen LogP contribution < -0.4 is 4.74 Å². The first-order valence-electron chi connectivity index (χ1n) is 9.30. The fourth-order valence-corrected chi connectivity index (χ4v) is 4.95. The van der Waals surface area contributed by atoms with Crippen LogP contribution in [0.4, 0.5) is 4.39 Å². The molecule has 0 aromatic heterocycles. The highest BCUT2D eigenvalue weighted by Crippen LogP contribution is 2.25. The minimum absolute atomic E-state index is 0.172. The second kappa shape index (κ2) is 9.74. The third-order valence-electron chi connectivity index (χ3n) is 4.75. The van der Waals surface area contributed by atoms with Crippen LogP contribution in [-0.4, -0.2) is 61.5 Å². The maximum atomic E-state index is 13.0. The van der Waals surface area contributed by atoms with Crippen molar-refractivity contribution in [3.05, 3.63) is 64.4 Å². The molecule has 2 aromatic carbocycles. The molecule has 0 spiro atoms. The summed E-state index contributed by atoms with van der Waals surface area (Å²) in [6.07, 6.45) is 0. The van der Waals surface area contributed by atoms with E-state index in [1.807, 2.05) is 0 Å². The van der Waals surface area contributed by atoms with Gasteiger partial charge in [-0.1, -0.05) is 23.7 Å². The van der Waals surface area contributed by atoms with E-state index in [1.165, 1.54) is 28.6 Å². The summed E-state index contributed by atoms with van der Waals surface area (Å²) >= 11 is 6.07. The van der Waals surface area contributed by atoms with E-state index in [4.69, 9.17) is 21.4 Å². The molecular weight excluding hydrogens is 435 g/mol. The van der Waals surface area contributed by atoms with E-state index in [2.05, 4.69) is 4.90 Å². The van der Waals surface area contributed by atoms with Crippen LogP contribution in [-0.2, 0) is 27.1 Å². The minimum Gasteiger partial charge on any atom is -0.482 e. The number of piperazine rings is 1. The molecule has 0 radical (unpaired) electrons. The van der Waals surface area contributed by atoms with Gasteiger partial charge >= 0.3 is 5.97 Å². The molecule has 0 amide bonds. The Morgan fingerprint density at radius 3 is 2.40 bits per heavy atom. The molecule has 1 aliphatic heterocycles. The fourth-order valence-electron chi connectivity index (χ4n) is 3.24. The van der Waals surface area contributed by atoms with E-state index in [0.717, 1.165) is 5.56 Å². The lowest BCUT2D eigenvalue weighted by Crippen LogP contribution is -2.48. The number of sulfonamides is 1. The van der Waals surface area contributed by atoms with E-state index in [-0.39, 0.29) is 5.75 Å². The highest BCUT2D eigenvalue weighted by molar-refractivity contribution is 7.88. The average Bonchev–Trinajstić information content (AvgIpc) is 2.69. The van der Waals surface area contributed by atoms with Crippen molar-refractivity contribution in [3.63, 3.8) is 0 Å². The van der Waals surface area contributed by atoms with Crippen LogP contribution in [0.3, 0.4) is 0 Å². The van der Waals surface area contributed by atoms with E-state index in [9.17, 15) is 17.6 Å². The second-order valence-corrected chi connectivity index (χ2v) is 9.40. The summed E-state index contributed by atoms with van der Waals surface area (Å²) < 4.78 is 45.1. The Labute approximate surface area is 179 Å². The summed E-state index contributed by atoms with van der Waals surface area (Å²) in [5.74, 6) is -1.21. The van der Waals surface area contributed by atoms with Crippen LogP contribution in [0.15, 0.2) is 42.5 Å². The van der Waals surface area contributed by atoms with Crippen LogP contribution in [0, 0.1) is 5.82 Å². The summed E-state index contributed by atoms with van der Waals surface area (Å²) in [5, 5.41) is 9.33. The van der Waals surface area contributed by atoms with Crippen molar-refractivity contribution in [2.45, 2.75) is 12.3 Å². The van der Waals surface area contributed by atoms with E-state index in [1.54, 1.807) is 18.2 Å². The Hall–Kier alpha value is -2.20. The van der Waals surface area contributed by atoms with Crippen molar-refractivity contribution >= 4 is 27.6 Å². The van der Waals surface area contributed by atoms with E-state index >= 15 is 0 Å². The van der Waals surface area contributed by atoms with Gasteiger partial charge in [-0.05, 0) is 35.9 Å². The standard InChI is InChI=1S/C20H22ClFN2O5S/c21-17-3-6-19(29-13-20(25)26)16(11-17)12-23-7-9-24(10-8-23)30(27,28)14-15-1-4-18(22)5-2-15/h1-6,11H,7-10,12-14H2,(H,25,26). The van der Waals surface area contributed by atoms with Crippen molar-refractivity contribution in [2.75, 3.05) is 32.8 Å². The number of aliphatic carboxylic acids is 1. The Morgan fingerprint density at radius 2 is 1.77 bits per heavy atom. The normalized spacial score (nSPS) is 15.8. The maximum absolute atomic E-state index is 13.0. The first kappa shape index (κ1) is 22.5.